The molecule has 0 saturated carbocycles. The van der Waals surface area contributed by atoms with Crippen molar-refractivity contribution in [3.63, 3.8) is 0 Å². The van der Waals surface area contributed by atoms with Crippen LogP contribution in [-0.4, -0.2) is 40.5 Å². The Morgan fingerprint density at radius 3 is 2.39 bits per heavy atom. The smallest absolute Gasteiger partial charge is 0.254 e. The largest absolute Gasteiger partial charge is 0.349 e. The van der Waals surface area contributed by atoms with Crippen LogP contribution in [-0.2, 0) is 7.05 Å². The first kappa shape index (κ1) is 21.4. The van der Waals surface area contributed by atoms with Crippen LogP contribution in [0.2, 0.25) is 0 Å². The zero-order valence-electron chi connectivity index (χ0n) is 17.8. The lowest BCUT2D eigenvalue weighted by atomic mass is 9.97. The zero-order valence-corrected chi connectivity index (χ0v) is 18.7. The quantitative estimate of drug-likeness (QED) is 0.660. The van der Waals surface area contributed by atoms with E-state index >= 15 is 0 Å². The zero-order chi connectivity index (χ0) is 20.8. The average molecular weight is 435 g/mol. The Morgan fingerprint density at radius 1 is 1.06 bits per heavy atom. The van der Waals surface area contributed by atoms with Gasteiger partial charge in [0.2, 0.25) is 0 Å². The monoisotopic (exact) mass is 434 g/mol. The van der Waals surface area contributed by atoms with Crippen molar-refractivity contribution in [2.75, 3.05) is 7.05 Å². The summed E-state index contributed by atoms with van der Waals surface area (Å²) in [7, 11) is 4.20. The Morgan fingerprint density at radius 2 is 1.74 bits per heavy atom. The first-order chi connectivity index (χ1) is 14.6. The number of amides is 1. The van der Waals surface area contributed by atoms with Crippen LogP contribution in [0.4, 0.5) is 0 Å². The lowest BCUT2D eigenvalue weighted by Gasteiger charge is -2.36. The fourth-order valence-corrected chi connectivity index (χ4v) is 5.46. The van der Waals surface area contributed by atoms with Crippen LogP contribution in [0.5, 0.6) is 0 Å². The van der Waals surface area contributed by atoms with Crippen LogP contribution >= 0.6 is 12.4 Å². The van der Waals surface area contributed by atoms with Crippen LogP contribution in [0.3, 0.4) is 0 Å². The van der Waals surface area contributed by atoms with E-state index in [0.717, 1.165) is 35.0 Å². The Kier molecular flexibility index (Phi) is 5.79. The van der Waals surface area contributed by atoms with Gasteiger partial charge in [-0.1, -0.05) is 30.3 Å². The fourth-order valence-electron chi connectivity index (χ4n) is 5.46. The molecule has 1 N–H and O–H groups in total. The highest BCUT2D eigenvalue weighted by Crippen LogP contribution is 2.36. The van der Waals surface area contributed by atoms with E-state index in [-0.39, 0.29) is 24.4 Å². The second-order valence-corrected chi connectivity index (χ2v) is 8.68. The van der Waals surface area contributed by atoms with Crippen molar-refractivity contribution >= 4 is 29.2 Å². The third-order valence-corrected chi connectivity index (χ3v) is 7.04. The number of aryl methyl sites for hydroxylation is 1. The standard InChI is InChI=1S/C25H26N4O.ClH/c1-28-19-9-10-20(28)14-18(13-19)27-25(30)23-21-12-16(15-26)8-11-22(21)29(2)24(23)17-6-4-3-5-7-17;/h3-8,11-12,18-20H,9-10,13-14H2,1-2H3,(H,27,30);1H/t18?,19-,20+;. The fraction of sp³-hybridized carbons (Fsp3) is 0.360. The van der Waals surface area contributed by atoms with Crippen LogP contribution in [0.15, 0.2) is 48.5 Å². The maximum absolute atomic E-state index is 13.6. The number of nitrogens with one attached hydrogen (secondary N) is 1. The van der Waals surface area contributed by atoms with E-state index in [0.29, 0.717) is 23.2 Å². The summed E-state index contributed by atoms with van der Waals surface area (Å²) in [5.41, 5.74) is 4.10. The topological polar surface area (TPSA) is 61.1 Å². The van der Waals surface area contributed by atoms with Gasteiger partial charge in [-0.25, -0.2) is 0 Å². The molecule has 31 heavy (non-hydrogen) atoms. The predicted molar refractivity (Wildman–Crippen MR) is 125 cm³/mol. The molecule has 2 bridgehead atoms. The summed E-state index contributed by atoms with van der Waals surface area (Å²) >= 11 is 0. The SMILES string of the molecule is CN1[C@@H]2CC[C@H]1CC(NC(=O)c1c(-c3ccccc3)n(C)c3ccc(C#N)cc13)C2.Cl. The van der Waals surface area contributed by atoms with Crippen molar-refractivity contribution in [2.24, 2.45) is 7.05 Å². The molecule has 3 aromatic rings. The highest BCUT2D eigenvalue weighted by atomic mass is 35.5. The average Bonchev–Trinajstić information content (AvgIpc) is 3.15. The highest BCUT2D eigenvalue weighted by Gasteiger charge is 2.39. The van der Waals surface area contributed by atoms with Gasteiger partial charge in [0.05, 0.1) is 22.9 Å². The predicted octanol–water partition coefficient (Wildman–Crippen LogP) is 4.49. The summed E-state index contributed by atoms with van der Waals surface area (Å²) in [6.07, 6.45) is 4.46. The molecule has 0 spiro atoms. The maximum Gasteiger partial charge on any atom is 0.254 e. The summed E-state index contributed by atoms with van der Waals surface area (Å²) in [4.78, 5) is 16.1. The molecule has 6 heteroatoms. The lowest BCUT2D eigenvalue weighted by Crippen LogP contribution is -2.48. The molecule has 160 valence electrons. The van der Waals surface area contributed by atoms with E-state index in [4.69, 9.17) is 0 Å². The van der Waals surface area contributed by atoms with Gasteiger partial charge in [0.15, 0.2) is 0 Å². The second-order valence-electron chi connectivity index (χ2n) is 8.68. The van der Waals surface area contributed by atoms with Crippen molar-refractivity contribution in [1.29, 1.82) is 5.26 Å². The van der Waals surface area contributed by atoms with Gasteiger partial charge < -0.3 is 14.8 Å². The molecule has 1 aromatic heterocycles. The van der Waals surface area contributed by atoms with Gasteiger partial charge >= 0.3 is 0 Å². The van der Waals surface area contributed by atoms with E-state index in [1.54, 1.807) is 0 Å². The summed E-state index contributed by atoms with van der Waals surface area (Å²) in [6, 6.07) is 19.2. The molecule has 2 aromatic carbocycles. The van der Waals surface area contributed by atoms with Crippen molar-refractivity contribution in [3.05, 3.63) is 59.7 Å². The minimum Gasteiger partial charge on any atom is -0.349 e. The number of nitriles is 1. The van der Waals surface area contributed by atoms with Gasteiger partial charge in [0, 0.05) is 36.1 Å². The number of halogens is 1. The number of hydrogen-bond acceptors (Lipinski definition) is 3. The van der Waals surface area contributed by atoms with Crippen molar-refractivity contribution in [2.45, 2.75) is 43.8 Å². The third-order valence-electron chi connectivity index (χ3n) is 7.04. The Hall–Kier alpha value is -2.81. The molecular weight excluding hydrogens is 408 g/mol. The van der Waals surface area contributed by atoms with Crippen LogP contribution in [0, 0.1) is 11.3 Å². The molecule has 0 aliphatic carbocycles. The van der Waals surface area contributed by atoms with E-state index in [1.165, 1.54) is 12.8 Å². The number of rotatable bonds is 3. The number of carbonyl (C=O) groups is 1. The summed E-state index contributed by atoms with van der Waals surface area (Å²) in [5.74, 6) is -0.0384. The molecule has 0 radical (unpaired) electrons. The molecule has 1 amide bonds. The van der Waals surface area contributed by atoms with Crippen molar-refractivity contribution in [1.82, 2.24) is 14.8 Å². The Bertz CT molecular complexity index is 1150. The first-order valence-electron chi connectivity index (χ1n) is 10.7. The number of hydrogen-bond donors (Lipinski definition) is 1. The van der Waals surface area contributed by atoms with E-state index in [1.807, 2.05) is 55.6 Å². The minimum atomic E-state index is -0.0384. The molecule has 2 fully saturated rings. The van der Waals surface area contributed by atoms with Gasteiger partial charge in [0.1, 0.15) is 0 Å². The lowest BCUT2D eigenvalue weighted by molar-refractivity contribution is 0.0884. The van der Waals surface area contributed by atoms with E-state index in [2.05, 4.69) is 27.9 Å². The first-order valence-corrected chi connectivity index (χ1v) is 10.7. The Balaban J connectivity index is 0.00000231. The maximum atomic E-state index is 13.6. The van der Waals surface area contributed by atoms with Gasteiger partial charge in [-0.05, 0) is 56.5 Å². The van der Waals surface area contributed by atoms with Crippen molar-refractivity contribution in [3.8, 4) is 17.3 Å². The van der Waals surface area contributed by atoms with Gasteiger partial charge in [-0.3, -0.25) is 4.79 Å². The van der Waals surface area contributed by atoms with Gasteiger partial charge in [0.25, 0.3) is 5.91 Å². The minimum absolute atomic E-state index is 0. The number of aromatic nitrogens is 1. The van der Waals surface area contributed by atoms with E-state index in [9.17, 15) is 10.1 Å². The summed E-state index contributed by atoms with van der Waals surface area (Å²) in [5, 5.41) is 13.6. The molecule has 2 aliphatic heterocycles. The molecule has 2 aliphatic rings. The van der Waals surface area contributed by atoms with Crippen LogP contribution < -0.4 is 5.32 Å². The number of nitrogens with zero attached hydrogens (tertiary/aromatic N) is 3. The van der Waals surface area contributed by atoms with Crippen molar-refractivity contribution < 1.29 is 4.79 Å². The molecule has 3 atom stereocenters. The normalized spacial score (nSPS) is 22.7. The molecule has 5 nitrogen and oxygen atoms in total. The Labute approximate surface area is 189 Å². The summed E-state index contributed by atoms with van der Waals surface area (Å²) < 4.78 is 2.07. The van der Waals surface area contributed by atoms with E-state index < -0.39 is 0 Å². The van der Waals surface area contributed by atoms with Gasteiger partial charge in [-0.15, -0.1) is 12.4 Å². The molecule has 2 saturated heterocycles. The summed E-state index contributed by atoms with van der Waals surface area (Å²) in [6.45, 7) is 0. The van der Waals surface area contributed by atoms with Gasteiger partial charge in [-0.2, -0.15) is 5.26 Å². The van der Waals surface area contributed by atoms with Crippen LogP contribution in [0.25, 0.3) is 22.2 Å². The molecule has 1 unspecified atom stereocenters. The second kappa shape index (κ2) is 8.37. The number of carbonyl (C=O) groups excluding carboxylic acids is 1. The van der Waals surface area contributed by atoms with Crippen LogP contribution in [0.1, 0.15) is 41.6 Å². The molecule has 5 rings (SSSR count). The number of piperidine rings is 1. The third kappa shape index (κ3) is 3.60. The number of fused-ring (bicyclic) bond motifs is 3. The molecular formula is C25H27ClN4O. The number of benzene rings is 2. The molecule has 3 heterocycles. The highest BCUT2D eigenvalue weighted by molar-refractivity contribution is 6.13.